The number of Topliss-reactive ketones (excluding diaryl/α,β-unsaturated/α-hetero) is 1. The Bertz CT molecular complexity index is 1180. The Morgan fingerprint density at radius 3 is 2.68 bits per heavy atom. The Labute approximate surface area is 180 Å². The maximum atomic E-state index is 12.6. The first-order chi connectivity index (χ1) is 15.2. The minimum atomic E-state index is -0.178. The summed E-state index contributed by atoms with van der Waals surface area (Å²) in [5.74, 6) is 0.281. The number of hydrogen-bond donors (Lipinski definition) is 2. The van der Waals surface area contributed by atoms with E-state index in [0.717, 1.165) is 12.0 Å². The predicted octanol–water partition coefficient (Wildman–Crippen LogP) is 3.72. The Morgan fingerprint density at radius 2 is 1.81 bits per heavy atom. The van der Waals surface area contributed by atoms with E-state index >= 15 is 0 Å². The highest BCUT2D eigenvalue weighted by molar-refractivity contribution is 5.99. The molecule has 0 aliphatic heterocycles. The van der Waals surface area contributed by atoms with Crippen molar-refractivity contribution in [3.63, 3.8) is 0 Å². The molecule has 0 unspecified atom stereocenters. The fraction of sp³-hybridized carbons (Fsp3) is 0.200. The van der Waals surface area contributed by atoms with Crippen molar-refractivity contribution in [3.8, 4) is 17.2 Å². The van der Waals surface area contributed by atoms with E-state index in [-0.39, 0.29) is 24.5 Å². The topological polar surface area (TPSA) is 94.9 Å². The van der Waals surface area contributed by atoms with E-state index in [4.69, 9.17) is 5.26 Å². The lowest BCUT2D eigenvalue weighted by molar-refractivity contribution is -0.120. The van der Waals surface area contributed by atoms with Crippen LogP contribution in [-0.2, 0) is 11.2 Å². The van der Waals surface area contributed by atoms with Crippen LogP contribution in [0.1, 0.15) is 39.9 Å². The van der Waals surface area contributed by atoms with Gasteiger partial charge in [-0.1, -0.05) is 36.4 Å². The van der Waals surface area contributed by atoms with Gasteiger partial charge in [0.15, 0.2) is 5.78 Å². The van der Waals surface area contributed by atoms with Gasteiger partial charge in [0, 0.05) is 37.7 Å². The molecule has 154 valence electrons. The van der Waals surface area contributed by atoms with Crippen LogP contribution < -0.4 is 10.6 Å². The number of carbonyl (C=O) groups excluding carboxylic acids is 2. The fourth-order valence-electron chi connectivity index (χ4n) is 3.78. The number of nitrogens with zero attached hydrogens (tertiary/aromatic N) is 2. The molecule has 0 spiro atoms. The molecule has 1 amide bonds. The van der Waals surface area contributed by atoms with Gasteiger partial charge < -0.3 is 10.6 Å². The number of hydrogen-bond acceptors (Lipinski definition) is 5. The zero-order chi connectivity index (χ0) is 21.6. The van der Waals surface area contributed by atoms with Crippen LogP contribution in [-0.4, -0.2) is 29.8 Å². The highest BCUT2D eigenvalue weighted by Gasteiger charge is 2.19. The number of nitriles is 1. The molecule has 6 heteroatoms. The standard InChI is InChI=1S/C25H22N4O2/c26-16-20-5-3-11-28-25(20)29-13-12-27-24(31)10-9-23(30)19-8-7-18-14-17-4-1-2-6-21(17)22(18)15-19/h1-8,11,15H,9-10,12-14H2,(H,27,31)(H,28,29). The molecule has 1 aliphatic rings. The highest BCUT2D eigenvalue weighted by atomic mass is 16.2. The third kappa shape index (κ3) is 4.62. The second kappa shape index (κ2) is 9.23. The average molecular weight is 410 g/mol. The van der Waals surface area contributed by atoms with Crippen molar-refractivity contribution in [3.05, 3.63) is 83.0 Å². The van der Waals surface area contributed by atoms with Crippen LogP contribution >= 0.6 is 0 Å². The van der Waals surface area contributed by atoms with Crippen LogP contribution in [0.5, 0.6) is 0 Å². The SMILES string of the molecule is N#Cc1cccnc1NCCNC(=O)CCC(=O)c1ccc2c(c1)-c1ccccc1C2. The predicted molar refractivity (Wildman–Crippen MR) is 119 cm³/mol. The van der Waals surface area contributed by atoms with Crippen LogP contribution in [0.3, 0.4) is 0 Å². The van der Waals surface area contributed by atoms with Gasteiger partial charge in [-0.25, -0.2) is 4.98 Å². The molecule has 1 aliphatic carbocycles. The number of rotatable bonds is 8. The summed E-state index contributed by atoms with van der Waals surface area (Å²) in [6, 6.07) is 19.5. The van der Waals surface area contributed by atoms with E-state index in [1.165, 1.54) is 16.7 Å². The van der Waals surface area contributed by atoms with E-state index in [1.807, 2.05) is 30.3 Å². The first kappa shape index (κ1) is 20.3. The van der Waals surface area contributed by atoms with Crippen LogP contribution in [0.15, 0.2) is 60.8 Å². The Kier molecular flexibility index (Phi) is 6.04. The molecule has 0 saturated heterocycles. The quantitative estimate of drug-likeness (QED) is 0.341. The summed E-state index contributed by atoms with van der Waals surface area (Å²) < 4.78 is 0. The van der Waals surface area contributed by atoms with Gasteiger partial charge in [-0.3, -0.25) is 9.59 Å². The van der Waals surface area contributed by atoms with E-state index in [2.05, 4.69) is 33.8 Å². The molecule has 0 fully saturated rings. The second-order valence-corrected chi connectivity index (χ2v) is 7.42. The van der Waals surface area contributed by atoms with E-state index in [1.54, 1.807) is 18.3 Å². The van der Waals surface area contributed by atoms with Gasteiger partial charge in [-0.15, -0.1) is 0 Å². The zero-order valence-electron chi connectivity index (χ0n) is 17.0. The summed E-state index contributed by atoms with van der Waals surface area (Å²) in [6.07, 6.45) is 2.80. The largest absolute Gasteiger partial charge is 0.367 e. The summed E-state index contributed by atoms with van der Waals surface area (Å²) in [5.41, 5.74) is 5.91. The third-order valence-electron chi connectivity index (χ3n) is 5.37. The lowest BCUT2D eigenvalue weighted by Crippen LogP contribution is -2.29. The third-order valence-corrected chi connectivity index (χ3v) is 5.37. The van der Waals surface area contributed by atoms with Gasteiger partial charge >= 0.3 is 0 Å². The lowest BCUT2D eigenvalue weighted by atomic mass is 9.99. The minimum Gasteiger partial charge on any atom is -0.367 e. The zero-order valence-corrected chi connectivity index (χ0v) is 17.0. The summed E-state index contributed by atoms with van der Waals surface area (Å²) in [5, 5.41) is 14.9. The Morgan fingerprint density at radius 1 is 0.968 bits per heavy atom. The molecule has 2 aromatic carbocycles. The minimum absolute atomic E-state index is 0.0346. The van der Waals surface area contributed by atoms with Gasteiger partial charge in [0.2, 0.25) is 5.91 Å². The number of nitrogens with one attached hydrogen (secondary N) is 2. The van der Waals surface area contributed by atoms with Crippen molar-refractivity contribution in [1.82, 2.24) is 10.3 Å². The highest BCUT2D eigenvalue weighted by Crippen LogP contribution is 2.37. The fourth-order valence-corrected chi connectivity index (χ4v) is 3.78. The first-order valence-electron chi connectivity index (χ1n) is 10.3. The number of amides is 1. The molecule has 1 aromatic heterocycles. The van der Waals surface area contributed by atoms with Crippen LogP contribution in [0.4, 0.5) is 5.82 Å². The van der Waals surface area contributed by atoms with E-state index < -0.39 is 0 Å². The van der Waals surface area contributed by atoms with Crippen LogP contribution in [0.2, 0.25) is 0 Å². The Balaban J connectivity index is 1.25. The summed E-state index contributed by atoms with van der Waals surface area (Å²) in [6.45, 7) is 0.819. The molecule has 4 rings (SSSR count). The molecule has 0 radical (unpaired) electrons. The summed E-state index contributed by atoms with van der Waals surface area (Å²) in [7, 11) is 0. The van der Waals surface area contributed by atoms with E-state index in [9.17, 15) is 9.59 Å². The molecule has 0 bridgehead atoms. The monoisotopic (exact) mass is 410 g/mol. The van der Waals surface area contributed by atoms with Gasteiger partial charge in [-0.2, -0.15) is 5.26 Å². The van der Waals surface area contributed by atoms with Gasteiger partial charge in [0.25, 0.3) is 0 Å². The van der Waals surface area contributed by atoms with Crippen molar-refractivity contribution in [1.29, 1.82) is 5.26 Å². The number of anilines is 1. The lowest BCUT2D eigenvalue weighted by Gasteiger charge is -2.08. The molecule has 31 heavy (non-hydrogen) atoms. The maximum Gasteiger partial charge on any atom is 0.220 e. The van der Waals surface area contributed by atoms with Crippen molar-refractivity contribution < 1.29 is 9.59 Å². The van der Waals surface area contributed by atoms with Gasteiger partial charge in [-0.05, 0) is 46.9 Å². The smallest absolute Gasteiger partial charge is 0.220 e. The summed E-state index contributed by atoms with van der Waals surface area (Å²) >= 11 is 0. The molecular formula is C25H22N4O2. The van der Waals surface area contributed by atoms with Crippen molar-refractivity contribution >= 4 is 17.5 Å². The second-order valence-electron chi connectivity index (χ2n) is 7.42. The molecule has 6 nitrogen and oxygen atoms in total. The van der Waals surface area contributed by atoms with Crippen LogP contribution in [0, 0.1) is 11.3 Å². The Hall–Kier alpha value is -3.98. The average Bonchev–Trinajstić information content (AvgIpc) is 3.18. The number of aromatic nitrogens is 1. The number of benzene rings is 2. The van der Waals surface area contributed by atoms with Crippen LogP contribution in [0.25, 0.3) is 11.1 Å². The maximum absolute atomic E-state index is 12.6. The van der Waals surface area contributed by atoms with Crippen molar-refractivity contribution in [2.45, 2.75) is 19.3 Å². The normalized spacial score (nSPS) is 11.2. The molecule has 1 heterocycles. The summed E-state index contributed by atoms with van der Waals surface area (Å²) in [4.78, 5) is 28.8. The van der Waals surface area contributed by atoms with Gasteiger partial charge in [0.1, 0.15) is 11.9 Å². The molecule has 3 aromatic rings. The van der Waals surface area contributed by atoms with Gasteiger partial charge in [0.05, 0.1) is 5.56 Å². The number of pyridine rings is 1. The molecule has 0 saturated carbocycles. The molecule has 0 atom stereocenters. The number of carbonyl (C=O) groups is 2. The molecule has 2 N–H and O–H groups in total. The van der Waals surface area contributed by atoms with E-state index in [0.29, 0.717) is 30.0 Å². The van der Waals surface area contributed by atoms with Crippen molar-refractivity contribution in [2.24, 2.45) is 0 Å². The van der Waals surface area contributed by atoms with Crippen molar-refractivity contribution in [2.75, 3.05) is 18.4 Å². The number of fused-ring (bicyclic) bond motifs is 3. The first-order valence-corrected chi connectivity index (χ1v) is 10.3. The number of ketones is 1. The molecular weight excluding hydrogens is 388 g/mol.